The quantitative estimate of drug-likeness (QED) is 0.684. The molecule has 1 rings (SSSR count). The smallest absolute Gasteiger partial charge is 0.239 e. The van der Waals surface area contributed by atoms with Crippen LogP contribution in [-0.4, -0.2) is 30.4 Å². The highest BCUT2D eigenvalue weighted by molar-refractivity contribution is 5.87. The number of rotatable bonds is 6. The predicted octanol–water partition coefficient (Wildman–Crippen LogP) is 1.17. The Balaban J connectivity index is 2.27. The van der Waals surface area contributed by atoms with E-state index < -0.39 is 6.04 Å². The Bertz CT molecular complexity index is 325. The number of hydrogen-bond donors (Lipinski definition) is 3. The summed E-state index contributed by atoms with van der Waals surface area (Å²) in [5, 5.41) is 5.57. The highest BCUT2D eigenvalue weighted by Gasteiger charge is 2.22. The summed E-state index contributed by atoms with van der Waals surface area (Å²) >= 11 is 0. The van der Waals surface area contributed by atoms with Crippen molar-refractivity contribution >= 4 is 11.8 Å². The molecule has 5 nitrogen and oxygen atoms in total. The summed E-state index contributed by atoms with van der Waals surface area (Å²) in [7, 11) is 0. The zero-order valence-corrected chi connectivity index (χ0v) is 12.9. The summed E-state index contributed by atoms with van der Waals surface area (Å²) in [4.78, 5) is 23.5. The molecule has 0 unspecified atom stereocenters. The molecule has 0 saturated heterocycles. The van der Waals surface area contributed by atoms with E-state index >= 15 is 0 Å². The fourth-order valence-corrected chi connectivity index (χ4v) is 2.64. The predicted molar refractivity (Wildman–Crippen MR) is 80.0 cm³/mol. The Kier molecular flexibility index (Phi) is 6.99. The molecule has 116 valence electrons. The zero-order valence-electron chi connectivity index (χ0n) is 12.9. The molecule has 1 aliphatic carbocycles. The normalized spacial score (nSPS) is 19.4. The van der Waals surface area contributed by atoms with Crippen LogP contribution < -0.4 is 16.4 Å². The summed E-state index contributed by atoms with van der Waals surface area (Å²) in [5.74, 6) is 0.244. The summed E-state index contributed by atoms with van der Waals surface area (Å²) in [5.41, 5.74) is 5.72. The van der Waals surface area contributed by atoms with Crippen molar-refractivity contribution in [2.45, 2.75) is 65.0 Å². The Morgan fingerprint density at radius 2 is 1.75 bits per heavy atom. The average molecular weight is 283 g/mol. The first-order valence-corrected chi connectivity index (χ1v) is 7.74. The van der Waals surface area contributed by atoms with Gasteiger partial charge in [0.15, 0.2) is 0 Å². The van der Waals surface area contributed by atoms with Crippen molar-refractivity contribution in [1.82, 2.24) is 10.6 Å². The molecular formula is C15H29N3O2. The maximum absolute atomic E-state index is 11.8. The largest absolute Gasteiger partial charge is 0.352 e. The molecule has 0 spiro atoms. The van der Waals surface area contributed by atoms with E-state index in [1.165, 1.54) is 32.1 Å². The number of carbonyl (C=O) groups is 2. The Hall–Kier alpha value is -1.10. The fraction of sp³-hybridized carbons (Fsp3) is 0.867. The van der Waals surface area contributed by atoms with Gasteiger partial charge >= 0.3 is 0 Å². The number of carbonyl (C=O) groups excluding carboxylic acids is 2. The summed E-state index contributed by atoms with van der Waals surface area (Å²) < 4.78 is 0. The maximum Gasteiger partial charge on any atom is 0.239 e. The van der Waals surface area contributed by atoms with E-state index in [2.05, 4.69) is 17.6 Å². The summed E-state index contributed by atoms with van der Waals surface area (Å²) in [6.45, 7) is 5.83. The second-order valence-corrected chi connectivity index (χ2v) is 6.24. The molecule has 0 bridgehead atoms. The van der Waals surface area contributed by atoms with E-state index in [1.54, 1.807) is 0 Å². The lowest BCUT2D eigenvalue weighted by Crippen LogP contribution is -2.49. The minimum Gasteiger partial charge on any atom is -0.352 e. The van der Waals surface area contributed by atoms with Crippen LogP contribution >= 0.6 is 0 Å². The lowest BCUT2D eigenvalue weighted by Gasteiger charge is -2.28. The molecule has 1 aliphatic rings. The van der Waals surface area contributed by atoms with E-state index in [9.17, 15) is 9.59 Å². The molecule has 0 heterocycles. The lowest BCUT2D eigenvalue weighted by molar-refractivity contribution is -0.127. The Morgan fingerprint density at radius 1 is 1.15 bits per heavy atom. The molecule has 0 aromatic heterocycles. The van der Waals surface area contributed by atoms with Crippen LogP contribution in [0.3, 0.4) is 0 Å². The van der Waals surface area contributed by atoms with Crippen LogP contribution in [0.5, 0.6) is 0 Å². The standard InChI is InChI=1S/C15H29N3O2/c1-10(2)14(16)15(20)17-9-13(19)18-11(3)12-7-5-4-6-8-12/h10-12,14H,4-9,16H2,1-3H3,(H,17,20)(H,18,19)/t11-,14-/m0/s1. The van der Waals surface area contributed by atoms with Crippen molar-refractivity contribution in [3.63, 3.8) is 0 Å². The van der Waals surface area contributed by atoms with E-state index in [0.29, 0.717) is 5.92 Å². The van der Waals surface area contributed by atoms with Crippen LogP contribution in [0.25, 0.3) is 0 Å². The van der Waals surface area contributed by atoms with Gasteiger partial charge in [-0.25, -0.2) is 0 Å². The molecule has 0 radical (unpaired) electrons. The third-order valence-corrected chi connectivity index (χ3v) is 4.19. The Morgan fingerprint density at radius 3 is 2.30 bits per heavy atom. The molecule has 4 N–H and O–H groups in total. The first kappa shape index (κ1) is 17.0. The van der Waals surface area contributed by atoms with Gasteiger partial charge in [-0.1, -0.05) is 33.1 Å². The van der Waals surface area contributed by atoms with Gasteiger partial charge in [0.25, 0.3) is 0 Å². The highest BCUT2D eigenvalue weighted by Crippen LogP contribution is 2.26. The van der Waals surface area contributed by atoms with Crippen molar-refractivity contribution < 1.29 is 9.59 Å². The number of nitrogens with one attached hydrogen (secondary N) is 2. The van der Waals surface area contributed by atoms with Gasteiger partial charge in [0.05, 0.1) is 12.6 Å². The molecule has 0 aliphatic heterocycles. The zero-order chi connectivity index (χ0) is 15.1. The van der Waals surface area contributed by atoms with Crippen LogP contribution in [0.15, 0.2) is 0 Å². The van der Waals surface area contributed by atoms with Crippen molar-refractivity contribution in [3.8, 4) is 0 Å². The van der Waals surface area contributed by atoms with E-state index in [-0.39, 0.29) is 30.3 Å². The van der Waals surface area contributed by atoms with Crippen LogP contribution in [0, 0.1) is 11.8 Å². The maximum atomic E-state index is 11.8. The van der Waals surface area contributed by atoms with Crippen LogP contribution in [-0.2, 0) is 9.59 Å². The van der Waals surface area contributed by atoms with Gasteiger partial charge in [-0.2, -0.15) is 0 Å². The molecule has 0 aromatic carbocycles. The van der Waals surface area contributed by atoms with Gasteiger partial charge in [-0.05, 0) is 31.6 Å². The molecule has 0 aromatic rings. The molecule has 5 heteroatoms. The number of amides is 2. The van der Waals surface area contributed by atoms with E-state index in [0.717, 1.165) is 0 Å². The monoisotopic (exact) mass is 283 g/mol. The second-order valence-electron chi connectivity index (χ2n) is 6.24. The second kappa shape index (κ2) is 8.25. The lowest BCUT2D eigenvalue weighted by atomic mass is 9.84. The van der Waals surface area contributed by atoms with E-state index in [1.807, 2.05) is 13.8 Å². The number of hydrogen-bond acceptors (Lipinski definition) is 3. The molecule has 2 atom stereocenters. The van der Waals surface area contributed by atoms with Crippen LogP contribution in [0.2, 0.25) is 0 Å². The van der Waals surface area contributed by atoms with Crippen molar-refractivity contribution in [2.75, 3.05) is 6.54 Å². The third-order valence-electron chi connectivity index (χ3n) is 4.19. The topological polar surface area (TPSA) is 84.2 Å². The highest BCUT2D eigenvalue weighted by atomic mass is 16.2. The molecule has 1 fully saturated rings. The minimum atomic E-state index is -0.557. The van der Waals surface area contributed by atoms with Gasteiger partial charge in [-0.3, -0.25) is 9.59 Å². The van der Waals surface area contributed by atoms with Gasteiger partial charge in [0.1, 0.15) is 0 Å². The fourth-order valence-electron chi connectivity index (χ4n) is 2.64. The van der Waals surface area contributed by atoms with Crippen LogP contribution in [0.1, 0.15) is 52.9 Å². The average Bonchev–Trinajstić information content (AvgIpc) is 2.44. The van der Waals surface area contributed by atoms with Crippen molar-refractivity contribution in [2.24, 2.45) is 17.6 Å². The summed E-state index contributed by atoms with van der Waals surface area (Å²) in [6, 6.07) is -0.378. The first-order chi connectivity index (χ1) is 9.41. The van der Waals surface area contributed by atoms with Crippen molar-refractivity contribution in [1.29, 1.82) is 0 Å². The van der Waals surface area contributed by atoms with Gasteiger partial charge in [0, 0.05) is 6.04 Å². The molecule has 20 heavy (non-hydrogen) atoms. The molecule has 2 amide bonds. The van der Waals surface area contributed by atoms with Gasteiger partial charge in [0.2, 0.25) is 11.8 Å². The van der Waals surface area contributed by atoms with Gasteiger partial charge < -0.3 is 16.4 Å². The molecular weight excluding hydrogens is 254 g/mol. The van der Waals surface area contributed by atoms with Crippen molar-refractivity contribution in [3.05, 3.63) is 0 Å². The first-order valence-electron chi connectivity index (χ1n) is 7.74. The van der Waals surface area contributed by atoms with E-state index in [4.69, 9.17) is 5.73 Å². The van der Waals surface area contributed by atoms with Crippen LogP contribution in [0.4, 0.5) is 0 Å². The third kappa shape index (κ3) is 5.49. The molecule has 1 saturated carbocycles. The Labute approximate surface area is 122 Å². The SMILES string of the molecule is CC(C)[C@H](N)C(=O)NCC(=O)N[C@@H](C)C1CCCCC1. The summed E-state index contributed by atoms with van der Waals surface area (Å²) in [6.07, 6.45) is 6.19. The van der Waals surface area contributed by atoms with Gasteiger partial charge in [-0.15, -0.1) is 0 Å². The minimum absolute atomic E-state index is 0.0102. The number of nitrogens with two attached hydrogens (primary N) is 1.